The lowest BCUT2D eigenvalue weighted by Crippen LogP contribution is -2.44. The number of H-pyrrole nitrogens is 1. The molecule has 1 atom stereocenters. The molecular formula is C32H41N3O5. The Kier molecular flexibility index (Phi) is 8.45. The van der Waals surface area contributed by atoms with Crippen LogP contribution in [-0.4, -0.2) is 59.6 Å². The van der Waals surface area contributed by atoms with E-state index in [1.807, 2.05) is 32.0 Å². The van der Waals surface area contributed by atoms with Crippen molar-refractivity contribution in [3.63, 3.8) is 0 Å². The van der Waals surface area contributed by atoms with Crippen molar-refractivity contribution in [2.24, 2.45) is 11.8 Å². The Morgan fingerprint density at radius 3 is 2.50 bits per heavy atom. The number of aromatic amines is 1. The zero-order valence-corrected chi connectivity index (χ0v) is 24.1. The Balaban J connectivity index is 1.34. The van der Waals surface area contributed by atoms with Crippen molar-refractivity contribution in [1.82, 2.24) is 14.5 Å². The molecule has 4 heterocycles. The molecule has 1 amide bonds. The van der Waals surface area contributed by atoms with Crippen LogP contribution in [0.5, 0.6) is 5.75 Å². The number of piperidine rings is 1. The van der Waals surface area contributed by atoms with E-state index < -0.39 is 0 Å². The molecule has 5 rings (SSSR count). The predicted octanol–water partition coefficient (Wildman–Crippen LogP) is 5.00. The first-order valence-corrected chi connectivity index (χ1v) is 14.6. The van der Waals surface area contributed by atoms with Gasteiger partial charge in [-0.2, -0.15) is 0 Å². The summed E-state index contributed by atoms with van der Waals surface area (Å²) in [5.74, 6) is 1.34. The minimum Gasteiger partial charge on any atom is -0.496 e. The summed E-state index contributed by atoms with van der Waals surface area (Å²) in [6.07, 6.45) is 4.07. The molecule has 2 fully saturated rings. The average Bonchev–Trinajstić information content (AvgIpc) is 3.27. The Labute approximate surface area is 235 Å². The molecule has 2 saturated heterocycles. The number of ketones is 1. The van der Waals surface area contributed by atoms with E-state index >= 15 is 0 Å². The highest BCUT2D eigenvalue weighted by Crippen LogP contribution is 2.37. The monoisotopic (exact) mass is 547 g/mol. The Hall–Kier alpha value is -3.39. The number of pyridine rings is 1. The lowest BCUT2D eigenvalue weighted by atomic mass is 9.88. The number of benzene rings is 1. The van der Waals surface area contributed by atoms with Gasteiger partial charge in [0, 0.05) is 72.5 Å². The molecule has 8 nitrogen and oxygen atoms in total. The van der Waals surface area contributed by atoms with Crippen LogP contribution >= 0.6 is 0 Å². The van der Waals surface area contributed by atoms with Gasteiger partial charge < -0.3 is 23.9 Å². The zero-order chi connectivity index (χ0) is 28.4. The number of fused-ring (bicyclic) bond motifs is 1. The van der Waals surface area contributed by atoms with Crippen LogP contribution in [0.2, 0.25) is 0 Å². The number of carbonyl (C=O) groups is 2. The maximum absolute atomic E-state index is 13.7. The van der Waals surface area contributed by atoms with E-state index in [-0.39, 0.29) is 35.6 Å². The molecule has 1 aromatic carbocycles. The number of rotatable bonds is 8. The number of nitrogens with zero attached hydrogens (tertiary/aromatic N) is 2. The normalized spacial score (nSPS) is 17.8. The maximum Gasteiger partial charge on any atom is 0.255 e. The summed E-state index contributed by atoms with van der Waals surface area (Å²) in [6.45, 7) is 9.01. The van der Waals surface area contributed by atoms with E-state index in [0.29, 0.717) is 36.9 Å². The second-order valence-corrected chi connectivity index (χ2v) is 11.4. The summed E-state index contributed by atoms with van der Waals surface area (Å²) in [6, 6.07) is 10.1. The van der Waals surface area contributed by atoms with Gasteiger partial charge in [0.1, 0.15) is 5.75 Å². The third kappa shape index (κ3) is 5.46. The van der Waals surface area contributed by atoms with Crippen LogP contribution in [0.4, 0.5) is 0 Å². The number of likely N-dealkylation sites (tertiary alicyclic amines) is 1. The molecule has 0 bridgehead atoms. The first-order valence-electron chi connectivity index (χ1n) is 14.6. The second-order valence-electron chi connectivity index (χ2n) is 11.4. The highest BCUT2D eigenvalue weighted by atomic mass is 16.5. The summed E-state index contributed by atoms with van der Waals surface area (Å²) < 4.78 is 13.2. The van der Waals surface area contributed by atoms with Crippen molar-refractivity contribution in [2.45, 2.75) is 65.3 Å². The average molecular weight is 548 g/mol. The van der Waals surface area contributed by atoms with Gasteiger partial charge in [-0.3, -0.25) is 14.4 Å². The smallest absolute Gasteiger partial charge is 0.255 e. The van der Waals surface area contributed by atoms with Crippen molar-refractivity contribution in [2.75, 3.05) is 33.4 Å². The second kappa shape index (κ2) is 12.0. The van der Waals surface area contributed by atoms with Gasteiger partial charge in [-0.05, 0) is 70.9 Å². The molecule has 2 aromatic heterocycles. The fraction of sp³-hybridized carbons (Fsp3) is 0.531. The number of amides is 1. The van der Waals surface area contributed by atoms with Crippen molar-refractivity contribution in [1.29, 1.82) is 0 Å². The number of Topliss-reactive ketones (excluding diaryl/α,β-unsaturated/α-hetero) is 1. The molecule has 2 aliphatic rings. The molecule has 2 aliphatic heterocycles. The van der Waals surface area contributed by atoms with Gasteiger partial charge in [0.25, 0.3) is 5.56 Å². The molecule has 214 valence electrons. The number of para-hydroxylation sites is 1. The molecule has 8 heteroatoms. The molecule has 0 spiro atoms. The molecule has 0 unspecified atom stereocenters. The Morgan fingerprint density at radius 2 is 1.80 bits per heavy atom. The molecule has 3 aromatic rings. The van der Waals surface area contributed by atoms with E-state index in [0.717, 1.165) is 66.6 Å². The molecule has 0 saturated carbocycles. The Morgan fingerprint density at radius 1 is 1.10 bits per heavy atom. The number of aryl methyl sites for hydroxylation is 1. The summed E-state index contributed by atoms with van der Waals surface area (Å²) in [7, 11) is 1.55. The van der Waals surface area contributed by atoms with Gasteiger partial charge in [-0.1, -0.05) is 18.2 Å². The SMILES string of the molecule is COc1cc(C)[nH]c(=O)c1CCC(=O)c1c(C)n([C@H](C)C2CCN(C(=O)C3CCOCC3)CC2)c2ccccc12. The van der Waals surface area contributed by atoms with Crippen LogP contribution in [0.15, 0.2) is 35.1 Å². The van der Waals surface area contributed by atoms with E-state index in [2.05, 4.69) is 27.4 Å². The van der Waals surface area contributed by atoms with Gasteiger partial charge in [-0.25, -0.2) is 0 Å². The number of hydrogen-bond donors (Lipinski definition) is 1. The van der Waals surface area contributed by atoms with E-state index in [9.17, 15) is 14.4 Å². The van der Waals surface area contributed by atoms with Gasteiger partial charge in [-0.15, -0.1) is 0 Å². The van der Waals surface area contributed by atoms with Gasteiger partial charge in [0.2, 0.25) is 5.91 Å². The van der Waals surface area contributed by atoms with E-state index in [1.165, 1.54) is 0 Å². The lowest BCUT2D eigenvalue weighted by Gasteiger charge is -2.38. The van der Waals surface area contributed by atoms with Crippen LogP contribution in [0.25, 0.3) is 10.9 Å². The number of nitrogens with one attached hydrogen (secondary N) is 1. The fourth-order valence-corrected chi connectivity index (χ4v) is 6.75. The van der Waals surface area contributed by atoms with Crippen LogP contribution < -0.4 is 10.3 Å². The highest BCUT2D eigenvalue weighted by Gasteiger charge is 2.33. The van der Waals surface area contributed by atoms with E-state index in [1.54, 1.807) is 13.2 Å². The van der Waals surface area contributed by atoms with Crippen molar-refractivity contribution >= 4 is 22.6 Å². The molecule has 1 N–H and O–H groups in total. The molecule has 0 aliphatic carbocycles. The zero-order valence-electron chi connectivity index (χ0n) is 24.1. The first-order chi connectivity index (χ1) is 19.3. The minimum absolute atomic E-state index is 0.0264. The maximum atomic E-state index is 13.7. The topological polar surface area (TPSA) is 93.6 Å². The van der Waals surface area contributed by atoms with Gasteiger partial charge in [0.15, 0.2) is 5.78 Å². The van der Waals surface area contributed by atoms with Crippen LogP contribution in [0.1, 0.15) is 72.4 Å². The third-order valence-corrected chi connectivity index (χ3v) is 9.00. The largest absolute Gasteiger partial charge is 0.496 e. The molecule has 40 heavy (non-hydrogen) atoms. The van der Waals surface area contributed by atoms with Gasteiger partial charge in [0.05, 0.1) is 12.7 Å². The minimum atomic E-state index is -0.209. The van der Waals surface area contributed by atoms with Crippen LogP contribution in [0, 0.1) is 25.7 Å². The van der Waals surface area contributed by atoms with Crippen molar-refractivity contribution in [3.05, 3.63) is 63.2 Å². The summed E-state index contributed by atoms with van der Waals surface area (Å²) >= 11 is 0. The van der Waals surface area contributed by atoms with Crippen LogP contribution in [0.3, 0.4) is 0 Å². The fourth-order valence-electron chi connectivity index (χ4n) is 6.75. The Bertz CT molecular complexity index is 1440. The number of hydrogen-bond acceptors (Lipinski definition) is 5. The van der Waals surface area contributed by atoms with Crippen LogP contribution in [-0.2, 0) is 16.0 Å². The summed E-state index contributed by atoms with van der Waals surface area (Å²) in [5.41, 5.74) is 3.77. The lowest BCUT2D eigenvalue weighted by molar-refractivity contribution is -0.140. The predicted molar refractivity (Wildman–Crippen MR) is 155 cm³/mol. The molecular weight excluding hydrogens is 506 g/mol. The first kappa shape index (κ1) is 28.1. The number of ether oxygens (including phenoxy) is 2. The quantitative estimate of drug-likeness (QED) is 0.401. The van der Waals surface area contributed by atoms with E-state index in [4.69, 9.17) is 9.47 Å². The van der Waals surface area contributed by atoms with Crippen molar-refractivity contribution < 1.29 is 19.1 Å². The third-order valence-electron chi connectivity index (χ3n) is 9.00. The van der Waals surface area contributed by atoms with Gasteiger partial charge >= 0.3 is 0 Å². The number of methoxy groups -OCH3 is 1. The highest BCUT2D eigenvalue weighted by molar-refractivity contribution is 6.09. The standard InChI is InChI=1S/C32H41N3O5/c1-20-19-29(39-4)26(31(37)33-20)9-10-28(36)30-22(3)35(27-8-6-5-7-25(27)30)21(2)23-11-15-34(16-12-23)32(38)24-13-17-40-18-14-24/h5-8,19,21,23-24H,9-18H2,1-4H3,(H,33,37)/t21-/m1/s1. The number of carbonyl (C=O) groups excluding carboxylic acids is 2. The van der Waals surface area contributed by atoms with Crippen molar-refractivity contribution in [3.8, 4) is 5.75 Å². The number of aromatic nitrogens is 2. The molecule has 0 radical (unpaired) electrons. The summed E-state index contributed by atoms with van der Waals surface area (Å²) in [5, 5.41) is 0.953. The summed E-state index contributed by atoms with van der Waals surface area (Å²) in [4.78, 5) is 44.2.